The van der Waals surface area contributed by atoms with Crippen molar-refractivity contribution in [3.8, 4) is 12.3 Å². The lowest BCUT2D eigenvalue weighted by Gasteiger charge is -2.42. The molecule has 0 aromatic heterocycles. The lowest BCUT2D eigenvalue weighted by Crippen LogP contribution is -2.64. The van der Waals surface area contributed by atoms with Crippen molar-refractivity contribution < 1.29 is 32.4 Å². The van der Waals surface area contributed by atoms with Crippen LogP contribution in [0.4, 0.5) is 4.79 Å². The minimum Gasteiger partial charge on any atom is -0.349 e. The second-order valence-electron chi connectivity index (χ2n) is 17.4. The van der Waals surface area contributed by atoms with Gasteiger partial charge in [0.05, 0.1) is 22.1 Å². The first-order chi connectivity index (χ1) is 23.7. The average molecular weight is 732 g/mol. The summed E-state index contributed by atoms with van der Waals surface area (Å²) in [6, 6.07) is -3.60. The molecule has 0 bridgehead atoms. The van der Waals surface area contributed by atoms with E-state index in [1.54, 1.807) is 25.7 Å². The number of rotatable bonds is 14. The van der Waals surface area contributed by atoms with Gasteiger partial charge >= 0.3 is 6.03 Å². The number of carbonyl (C=O) groups excluding carboxylic acids is 5. The third kappa shape index (κ3) is 8.74. The maximum atomic E-state index is 14.8. The molecule has 1 heterocycles. The molecule has 1 saturated heterocycles. The minimum atomic E-state index is -3.57. The number of terminal acetylenes is 1. The van der Waals surface area contributed by atoms with Crippen LogP contribution in [0.15, 0.2) is 0 Å². The van der Waals surface area contributed by atoms with Crippen LogP contribution in [-0.4, -0.2) is 90.1 Å². The number of urea groups is 1. The highest BCUT2D eigenvalue weighted by Crippen LogP contribution is 2.65. The Morgan fingerprint density at radius 2 is 1.55 bits per heavy atom. The van der Waals surface area contributed by atoms with E-state index in [0.29, 0.717) is 45.2 Å². The van der Waals surface area contributed by atoms with E-state index in [1.165, 1.54) is 0 Å². The smallest absolute Gasteiger partial charge is 0.315 e. The van der Waals surface area contributed by atoms with Crippen LogP contribution < -0.4 is 21.3 Å². The third-order valence-electron chi connectivity index (χ3n) is 12.3. The number of fused-ring (bicyclic) bond motifs is 1. The molecule has 3 aliphatic carbocycles. The predicted octanol–water partition coefficient (Wildman–Crippen LogP) is 3.63. The molecule has 4 fully saturated rings. The molecular weight excluding hydrogens is 671 g/mol. The van der Waals surface area contributed by atoms with Crippen LogP contribution in [0.3, 0.4) is 0 Å². The van der Waals surface area contributed by atoms with Crippen LogP contribution in [0.5, 0.6) is 0 Å². The van der Waals surface area contributed by atoms with Crippen molar-refractivity contribution in [2.24, 2.45) is 22.7 Å². The molecule has 286 valence electrons. The number of ketones is 1. The van der Waals surface area contributed by atoms with Crippen molar-refractivity contribution >= 4 is 39.4 Å². The first-order valence-corrected chi connectivity index (χ1v) is 20.6. The zero-order valence-electron chi connectivity index (χ0n) is 31.8. The molecule has 13 heteroatoms. The second-order valence-corrected chi connectivity index (χ2v) is 20.2. The molecule has 1 aliphatic heterocycles. The summed E-state index contributed by atoms with van der Waals surface area (Å²) >= 11 is 0. The second kappa shape index (κ2) is 15.5. The molecule has 3 saturated carbocycles. The van der Waals surface area contributed by atoms with Gasteiger partial charge in [-0.2, -0.15) is 0 Å². The van der Waals surface area contributed by atoms with Gasteiger partial charge in [-0.3, -0.25) is 19.2 Å². The van der Waals surface area contributed by atoms with Crippen LogP contribution >= 0.6 is 0 Å². The summed E-state index contributed by atoms with van der Waals surface area (Å²) in [5.41, 5.74) is -1.76. The summed E-state index contributed by atoms with van der Waals surface area (Å²) in [6.07, 6.45) is 13.1. The van der Waals surface area contributed by atoms with Crippen LogP contribution in [0.1, 0.15) is 126 Å². The van der Waals surface area contributed by atoms with Gasteiger partial charge in [0.1, 0.15) is 12.1 Å². The summed E-state index contributed by atoms with van der Waals surface area (Å²) in [7, 11) is -3.57. The number of Topliss-reactive ketones (excluding diaryl/α,β-unsaturated/α-hetero) is 1. The molecule has 4 aliphatic rings. The molecule has 12 nitrogen and oxygen atoms in total. The Labute approximate surface area is 305 Å². The molecule has 4 rings (SSSR count). The third-order valence-corrected chi connectivity index (χ3v) is 15.1. The van der Waals surface area contributed by atoms with Crippen LogP contribution in [0, 0.1) is 35.0 Å². The number of piperidine rings is 1. The van der Waals surface area contributed by atoms with Gasteiger partial charge in [0.25, 0.3) is 5.91 Å². The normalized spacial score (nSPS) is 25.8. The van der Waals surface area contributed by atoms with Gasteiger partial charge in [-0.1, -0.05) is 59.8 Å². The molecule has 5 atom stereocenters. The topological polar surface area (TPSA) is 171 Å². The average Bonchev–Trinajstić information content (AvgIpc) is 3.42. The van der Waals surface area contributed by atoms with Crippen molar-refractivity contribution in [2.45, 2.75) is 154 Å². The Bertz CT molecular complexity index is 1500. The van der Waals surface area contributed by atoms with E-state index < -0.39 is 67.3 Å². The quantitative estimate of drug-likeness (QED) is 0.156. The van der Waals surface area contributed by atoms with E-state index in [0.717, 1.165) is 32.1 Å². The number of likely N-dealkylation sites (tertiary alicyclic amines) is 1. The fourth-order valence-electron chi connectivity index (χ4n) is 8.74. The highest BCUT2D eigenvalue weighted by molar-refractivity contribution is 7.92. The zero-order chi connectivity index (χ0) is 38.0. The highest BCUT2D eigenvalue weighted by Gasteiger charge is 2.70. The number of sulfone groups is 1. The Morgan fingerprint density at radius 3 is 2.12 bits per heavy atom. The van der Waals surface area contributed by atoms with Gasteiger partial charge in [0.15, 0.2) is 9.84 Å². The van der Waals surface area contributed by atoms with E-state index in [9.17, 15) is 32.4 Å². The van der Waals surface area contributed by atoms with Crippen molar-refractivity contribution in [1.29, 1.82) is 0 Å². The van der Waals surface area contributed by atoms with Crippen molar-refractivity contribution in [1.82, 2.24) is 26.2 Å². The van der Waals surface area contributed by atoms with Crippen molar-refractivity contribution in [2.75, 3.05) is 18.8 Å². The minimum absolute atomic E-state index is 0.0453. The number of hydrogen-bond acceptors (Lipinski definition) is 7. The lowest BCUT2D eigenvalue weighted by molar-refractivity contribution is -0.145. The predicted molar refractivity (Wildman–Crippen MR) is 196 cm³/mol. The largest absolute Gasteiger partial charge is 0.349 e. The summed E-state index contributed by atoms with van der Waals surface area (Å²) < 4.78 is 25.8. The maximum absolute atomic E-state index is 14.8. The van der Waals surface area contributed by atoms with Crippen molar-refractivity contribution in [3.63, 3.8) is 0 Å². The molecule has 4 unspecified atom stereocenters. The molecular formula is C38H61N5O7S. The summed E-state index contributed by atoms with van der Waals surface area (Å²) in [6.45, 7) is 13.6. The first-order valence-electron chi connectivity index (χ1n) is 18.9. The molecule has 4 N–H and O–H groups in total. The monoisotopic (exact) mass is 731 g/mol. The van der Waals surface area contributed by atoms with Crippen LogP contribution in [0.2, 0.25) is 0 Å². The Hall–Kier alpha value is -3.14. The van der Waals surface area contributed by atoms with E-state index in [1.807, 2.05) is 13.8 Å². The SMILES string of the molecule is C#CCCC(NC(=O)C1C2C(CN1C(=O)[C@@H](NC(=O)NC1(CS(=O)(=O)C(C)(C)C)CCCCC1)C1(C)CCCC1)C2(C)C)C(=O)C(=O)NCCC. The number of amides is 5. The lowest BCUT2D eigenvalue weighted by atomic mass is 9.79. The van der Waals surface area contributed by atoms with Gasteiger partial charge in [-0.05, 0) is 82.0 Å². The molecule has 5 amide bonds. The van der Waals surface area contributed by atoms with Gasteiger partial charge < -0.3 is 26.2 Å². The fraction of sp³-hybridized carbons (Fsp3) is 0.816. The Morgan fingerprint density at radius 1 is 0.941 bits per heavy atom. The number of nitrogens with zero attached hydrogens (tertiary/aromatic N) is 1. The van der Waals surface area contributed by atoms with Gasteiger partial charge in [0, 0.05) is 19.5 Å². The Balaban J connectivity index is 1.60. The molecule has 51 heavy (non-hydrogen) atoms. The van der Waals surface area contributed by atoms with E-state index in [-0.39, 0.29) is 41.8 Å². The molecule has 0 aromatic rings. The molecule has 0 spiro atoms. The number of carbonyl (C=O) groups is 5. The van der Waals surface area contributed by atoms with E-state index in [2.05, 4.69) is 41.0 Å². The van der Waals surface area contributed by atoms with Gasteiger partial charge in [0.2, 0.25) is 17.6 Å². The summed E-state index contributed by atoms with van der Waals surface area (Å²) in [5, 5.41) is 11.4. The standard InChI is InChI=1S/C38H61N5O7S/c1-9-11-17-26(29(44)32(46)39-22-10-2)40-31(45)28-27-25(36(27,6)7)23-43(28)33(47)30(37(8)18-15-16-19-37)41-34(48)42-38(20-13-12-14-21-38)24-51(49,50)35(3,4)5/h1,25-28,30H,10-24H2,2-8H3,(H,39,46)(H,40,45)(H2,41,42,48)/t25?,26?,27?,28?,30-/m1/s1. The fourth-order valence-corrected chi connectivity index (χ4v) is 10.3. The van der Waals surface area contributed by atoms with Crippen molar-refractivity contribution in [3.05, 3.63) is 0 Å². The number of hydrogen-bond donors (Lipinski definition) is 4. The zero-order valence-corrected chi connectivity index (χ0v) is 32.6. The van der Waals surface area contributed by atoms with Crippen LogP contribution in [0.25, 0.3) is 0 Å². The van der Waals surface area contributed by atoms with Gasteiger partial charge in [-0.25, -0.2) is 13.2 Å². The number of nitrogens with one attached hydrogen (secondary N) is 4. The maximum Gasteiger partial charge on any atom is 0.315 e. The molecule has 0 radical (unpaired) electrons. The molecule has 0 aromatic carbocycles. The van der Waals surface area contributed by atoms with E-state index in [4.69, 9.17) is 6.42 Å². The summed E-state index contributed by atoms with van der Waals surface area (Å²) in [5.74, 6) is -0.299. The Kier molecular flexibility index (Phi) is 12.3. The summed E-state index contributed by atoms with van der Waals surface area (Å²) in [4.78, 5) is 70.2. The van der Waals surface area contributed by atoms with Crippen LogP contribution in [-0.2, 0) is 29.0 Å². The highest BCUT2D eigenvalue weighted by atomic mass is 32.2. The first kappa shape index (κ1) is 40.6. The van der Waals surface area contributed by atoms with Gasteiger partial charge in [-0.15, -0.1) is 12.3 Å². The van der Waals surface area contributed by atoms with E-state index >= 15 is 0 Å².